The molecule has 0 amide bonds. The molecule has 0 atom stereocenters. The number of allylic oxidation sites excluding steroid dienone is 1. The topological polar surface area (TPSA) is 47.9 Å². The molecule has 4 nitrogen and oxygen atoms in total. The molecule has 0 unspecified atom stereocenters. The molecule has 0 saturated heterocycles. The van der Waals surface area contributed by atoms with Crippen molar-refractivity contribution in [1.29, 1.82) is 0 Å². The molecule has 0 saturated carbocycles. The van der Waals surface area contributed by atoms with Gasteiger partial charge in [0.25, 0.3) is 0 Å². The standard InChI is InChI=1S/C19H19NO3/c1-4-18(16-9-11-17(12-10-16)19(21)22-3)23-20-13-15-7-5-14(2)6-8-15/h4-13H,1-3H3/b18-4-,20-13+. The van der Waals surface area contributed by atoms with Crippen molar-refractivity contribution in [3.05, 3.63) is 76.9 Å². The van der Waals surface area contributed by atoms with Crippen molar-refractivity contribution in [2.75, 3.05) is 7.11 Å². The summed E-state index contributed by atoms with van der Waals surface area (Å²) in [6.45, 7) is 3.90. The Balaban J connectivity index is 2.05. The summed E-state index contributed by atoms with van der Waals surface area (Å²) in [7, 11) is 1.36. The molecule has 0 spiro atoms. The molecule has 0 aliphatic rings. The van der Waals surface area contributed by atoms with Gasteiger partial charge in [0.15, 0.2) is 5.76 Å². The molecule has 0 bridgehead atoms. The summed E-state index contributed by atoms with van der Waals surface area (Å²) in [4.78, 5) is 16.9. The molecule has 4 heteroatoms. The van der Waals surface area contributed by atoms with Gasteiger partial charge in [-0.1, -0.05) is 47.1 Å². The molecule has 2 rings (SSSR count). The summed E-state index contributed by atoms with van der Waals surface area (Å²) in [5, 5.41) is 4.01. The quantitative estimate of drug-likeness (QED) is 0.360. The van der Waals surface area contributed by atoms with Gasteiger partial charge in [0, 0.05) is 5.56 Å². The van der Waals surface area contributed by atoms with Crippen LogP contribution in [0.25, 0.3) is 5.76 Å². The van der Waals surface area contributed by atoms with Gasteiger partial charge in [-0.05, 0) is 37.6 Å². The first-order chi connectivity index (χ1) is 11.1. The maximum absolute atomic E-state index is 11.4. The monoisotopic (exact) mass is 309 g/mol. The van der Waals surface area contributed by atoms with Gasteiger partial charge in [-0.3, -0.25) is 0 Å². The Kier molecular flexibility index (Phi) is 5.69. The third-order valence-corrected chi connectivity index (χ3v) is 3.28. The summed E-state index contributed by atoms with van der Waals surface area (Å²) in [5.41, 5.74) is 3.49. The van der Waals surface area contributed by atoms with Crippen LogP contribution in [0.15, 0.2) is 59.8 Å². The lowest BCUT2D eigenvalue weighted by Gasteiger charge is -2.05. The smallest absolute Gasteiger partial charge is 0.337 e. The van der Waals surface area contributed by atoms with E-state index < -0.39 is 0 Å². The zero-order chi connectivity index (χ0) is 16.7. The van der Waals surface area contributed by atoms with Crippen LogP contribution in [0.5, 0.6) is 0 Å². The average molecular weight is 309 g/mol. The summed E-state index contributed by atoms with van der Waals surface area (Å²) < 4.78 is 4.68. The van der Waals surface area contributed by atoms with E-state index in [1.165, 1.54) is 12.7 Å². The van der Waals surface area contributed by atoms with Crippen LogP contribution in [-0.4, -0.2) is 19.3 Å². The predicted octanol–water partition coefficient (Wildman–Crippen LogP) is 4.19. The molecule has 118 valence electrons. The van der Waals surface area contributed by atoms with Crippen molar-refractivity contribution in [2.45, 2.75) is 13.8 Å². The van der Waals surface area contributed by atoms with E-state index in [0.717, 1.165) is 11.1 Å². The maximum Gasteiger partial charge on any atom is 0.337 e. The highest BCUT2D eigenvalue weighted by Gasteiger charge is 2.07. The summed E-state index contributed by atoms with van der Waals surface area (Å²) >= 11 is 0. The SMILES string of the molecule is C/C=C(\O/N=C/c1ccc(C)cc1)c1ccc(C(=O)OC)cc1. The van der Waals surface area contributed by atoms with Gasteiger partial charge >= 0.3 is 5.97 Å². The fourth-order valence-electron chi connectivity index (χ4n) is 1.96. The van der Waals surface area contributed by atoms with E-state index in [0.29, 0.717) is 11.3 Å². The highest BCUT2D eigenvalue weighted by Crippen LogP contribution is 2.17. The van der Waals surface area contributed by atoms with Gasteiger partial charge < -0.3 is 9.57 Å². The number of aryl methyl sites for hydroxylation is 1. The van der Waals surface area contributed by atoms with Crippen molar-refractivity contribution < 1.29 is 14.4 Å². The second-order valence-corrected chi connectivity index (χ2v) is 4.96. The van der Waals surface area contributed by atoms with E-state index in [-0.39, 0.29) is 5.97 Å². The molecule has 0 fully saturated rings. The molecule has 0 aliphatic heterocycles. The van der Waals surface area contributed by atoms with Crippen LogP contribution in [0.4, 0.5) is 0 Å². The Morgan fingerprint density at radius 3 is 2.17 bits per heavy atom. The highest BCUT2D eigenvalue weighted by atomic mass is 16.6. The van der Waals surface area contributed by atoms with E-state index >= 15 is 0 Å². The number of carbonyl (C=O) groups excluding carboxylic acids is 1. The lowest BCUT2D eigenvalue weighted by molar-refractivity contribution is 0.0600. The predicted molar refractivity (Wildman–Crippen MR) is 91.3 cm³/mol. The van der Waals surface area contributed by atoms with Gasteiger partial charge in [0.2, 0.25) is 0 Å². The second kappa shape index (κ2) is 7.94. The van der Waals surface area contributed by atoms with Gasteiger partial charge in [-0.15, -0.1) is 0 Å². The van der Waals surface area contributed by atoms with Crippen LogP contribution in [0.2, 0.25) is 0 Å². The van der Waals surface area contributed by atoms with Crippen LogP contribution < -0.4 is 0 Å². The number of carbonyl (C=O) groups is 1. The molecule has 0 heterocycles. The van der Waals surface area contributed by atoms with Crippen molar-refractivity contribution in [2.24, 2.45) is 5.16 Å². The number of benzene rings is 2. The van der Waals surface area contributed by atoms with E-state index in [4.69, 9.17) is 4.84 Å². The molecule has 0 radical (unpaired) electrons. The summed E-state index contributed by atoms with van der Waals surface area (Å²) in [5.74, 6) is 0.252. The highest BCUT2D eigenvalue weighted by molar-refractivity contribution is 5.89. The zero-order valence-electron chi connectivity index (χ0n) is 13.4. The van der Waals surface area contributed by atoms with E-state index in [9.17, 15) is 4.79 Å². The van der Waals surface area contributed by atoms with Crippen LogP contribution in [-0.2, 0) is 9.57 Å². The average Bonchev–Trinajstić information content (AvgIpc) is 2.60. The maximum atomic E-state index is 11.4. The number of esters is 1. The van der Waals surface area contributed by atoms with E-state index in [1.807, 2.05) is 44.2 Å². The minimum atomic E-state index is -0.364. The van der Waals surface area contributed by atoms with Crippen molar-refractivity contribution in [3.63, 3.8) is 0 Å². The number of nitrogens with zero attached hydrogens (tertiary/aromatic N) is 1. The molecule has 2 aromatic rings. The zero-order valence-corrected chi connectivity index (χ0v) is 13.4. The Morgan fingerprint density at radius 2 is 1.61 bits per heavy atom. The molecule has 0 aliphatic carbocycles. The Labute approximate surface area is 136 Å². The van der Waals surface area contributed by atoms with Crippen LogP contribution in [0.1, 0.15) is 34.0 Å². The van der Waals surface area contributed by atoms with Crippen molar-refractivity contribution in [3.8, 4) is 0 Å². The molecule has 2 aromatic carbocycles. The summed E-state index contributed by atoms with van der Waals surface area (Å²) in [6, 6.07) is 15.0. The Hall–Kier alpha value is -2.88. The minimum absolute atomic E-state index is 0.364. The van der Waals surface area contributed by atoms with Crippen LogP contribution in [0, 0.1) is 6.92 Å². The molecule has 0 N–H and O–H groups in total. The normalized spacial score (nSPS) is 11.5. The van der Waals surface area contributed by atoms with Gasteiger partial charge in [0.05, 0.1) is 18.9 Å². The number of hydrogen-bond donors (Lipinski definition) is 0. The third-order valence-electron chi connectivity index (χ3n) is 3.28. The Morgan fingerprint density at radius 1 is 1.00 bits per heavy atom. The number of hydrogen-bond acceptors (Lipinski definition) is 4. The second-order valence-electron chi connectivity index (χ2n) is 4.96. The van der Waals surface area contributed by atoms with Crippen molar-refractivity contribution in [1.82, 2.24) is 0 Å². The molecule has 23 heavy (non-hydrogen) atoms. The van der Waals surface area contributed by atoms with Gasteiger partial charge in [-0.2, -0.15) is 0 Å². The number of rotatable bonds is 5. The first kappa shape index (κ1) is 16.5. The lowest BCUT2D eigenvalue weighted by Crippen LogP contribution is -2.00. The van der Waals surface area contributed by atoms with Crippen molar-refractivity contribution >= 4 is 17.9 Å². The van der Waals surface area contributed by atoms with Gasteiger partial charge in [0.1, 0.15) is 0 Å². The third kappa shape index (κ3) is 4.54. The Bertz CT molecular complexity index is 713. The molecular weight excluding hydrogens is 290 g/mol. The largest absolute Gasteiger partial charge is 0.465 e. The molecule has 0 aromatic heterocycles. The van der Waals surface area contributed by atoms with E-state index in [2.05, 4.69) is 9.89 Å². The number of methoxy groups -OCH3 is 1. The number of ether oxygens (including phenoxy) is 1. The first-order valence-corrected chi connectivity index (χ1v) is 7.26. The molecular formula is C19H19NO3. The van der Waals surface area contributed by atoms with Crippen LogP contribution >= 0.6 is 0 Å². The van der Waals surface area contributed by atoms with Gasteiger partial charge in [-0.25, -0.2) is 4.79 Å². The number of oxime groups is 1. The van der Waals surface area contributed by atoms with E-state index in [1.54, 1.807) is 30.5 Å². The van der Waals surface area contributed by atoms with Crippen LogP contribution in [0.3, 0.4) is 0 Å². The fourth-order valence-corrected chi connectivity index (χ4v) is 1.96. The minimum Gasteiger partial charge on any atom is -0.465 e. The lowest BCUT2D eigenvalue weighted by atomic mass is 10.1. The summed E-state index contributed by atoms with van der Waals surface area (Å²) in [6.07, 6.45) is 3.48. The fraction of sp³-hybridized carbons (Fsp3) is 0.158. The first-order valence-electron chi connectivity index (χ1n) is 7.26.